The van der Waals surface area contributed by atoms with E-state index in [1.54, 1.807) is 6.08 Å². The number of hydrogen-bond donors (Lipinski definition) is 2. The molecular formula is C19H19IN4O3. The number of H-pyrrole nitrogens is 1. The van der Waals surface area contributed by atoms with Gasteiger partial charge in [-0.1, -0.05) is 12.7 Å². The Balaban J connectivity index is 2.19. The molecule has 0 aliphatic carbocycles. The van der Waals surface area contributed by atoms with Crippen molar-refractivity contribution in [2.45, 2.75) is 19.8 Å². The molecule has 1 aromatic carbocycles. The molecule has 1 aromatic heterocycles. The number of nitriles is 1. The number of aromatic amines is 1. The largest absolute Gasteiger partial charge is 0.490 e. The standard InChI is InChI=1S/C19H19IN4O3/c1-4-6-26-17-13(20)7-11(8-14(17)25-5-2)16-12(9-21)18(22)27-19-15(16)10(3)23-24-19/h4,7-8,16H,1,5-6,22H2,2-3H3,(H,23,24)/t16-/m1/s1. The molecule has 0 radical (unpaired) electrons. The van der Waals surface area contributed by atoms with Gasteiger partial charge in [0.15, 0.2) is 11.5 Å². The summed E-state index contributed by atoms with van der Waals surface area (Å²) in [5, 5.41) is 16.7. The summed E-state index contributed by atoms with van der Waals surface area (Å²) in [5.74, 6) is 1.29. The van der Waals surface area contributed by atoms with Crippen LogP contribution in [0.25, 0.3) is 0 Å². The van der Waals surface area contributed by atoms with E-state index in [1.807, 2.05) is 26.0 Å². The average molecular weight is 478 g/mol. The summed E-state index contributed by atoms with van der Waals surface area (Å²) in [4.78, 5) is 0. The Hall–Kier alpha value is -2.67. The van der Waals surface area contributed by atoms with Gasteiger partial charge in [0, 0.05) is 11.3 Å². The van der Waals surface area contributed by atoms with Gasteiger partial charge in [-0.3, -0.25) is 5.10 Å². The van der Waals surface area contributed by atoms with E-state index in [4.69, 9.17) is 19.9 Å². The van der Waals surface area contributed by atoms with Gasteiger partial charge in [-0.2, -0.15) is 5.26 Å². The second kappa shape index (κ2) is 7.92. The van der Waals surface area contributed by atoms with Crippen LogP contribution in [-0.2, 0) is 0 Å². The van der Waals surface area contributed by atoms with Crippen molar-refractivity contribution in [3.63, 3.8) is 0 Å². The van der Waals surface area contributed by atoms with Crippen LogP contribution in [-0.4, -0.2) is 23.4 Å². The Labute approximate surface area is 170 Å². The number of nitrogens with zero attached hydrogens (tertiary/aromatic N) is 2. The van der Waals surface area contributed by atoms with E-state index in [1.165, 1.54) is 0 Å². The topological polar surface area (TPSA) is 106 Å². The molecule has 0 spiro atoms. The van der Waals surface area contributed by atoms with Crippen molar-refractivity contribution in [3.05, 3.63) is 56.6 Å². The minimum atomic E-state index is -0.404. The number of halogens is 1. The minimum Gasteiger partial charge on any atom is -0.490 e. The number of allylic oxidation sites excluding steroid dienone is 1. The zero-order valence-electron chi connectivity index (χ0n) is 15.0. The molecule has 140 valence electrons. The third-order valence-electron chi connectivity index (χ3n) is 4.14. The first-order valence-electron chi connectivity index (χ1n) is 8.34. The summed E-state index contributed by atoms with van der Waals surface area (Å²) in [6, 6.07) is 6.01. The van der Waals surface area contributed by atoms with Crippen molar-refractivity contribution in [3.8, 4) is 23.4 Å². The second-order valence-corrected chi connectivity index (χ2v) is 7.02. The van der Waals surface area contributed by atoms with Crippen molar-refractivity contribution < 1.29 is 14.2 Å². The zero-order chi connectivity index (χ0) is 19.6. The summed E-state index contributed by atoms with van der Waals surface area (Å²) in [7, 11) is 0. The van der Waals surface area contributed by atoms with Gasteiger partial charge in [0.25, 0.3) is 0 Å². The molecule has 0 saturated carbocycles. The van der Waals surface area contributed by atoms with Crippen molar-refractivity contribution in [1.82, 2.24) is 10.2 Å². The van der Waals surface area contributed by atoms with E-state index < -0.39 is 5.92 Å². The molecule has 2 heterocycles. The first-order valence-corrected chi connectivity index (χ1v) is 9.42. The molecule has 0 amide bonds. The first kappa shape index (κ1) is 19.1. The van der Waals surface area contributed by atoms with Crippen molar-refractivity contribution in [2.75, 3.05) is 13.2 Å². The smallest absolute Gasteiger partial charge is 0.244 e. The highest BCUT2D eigenvalue weighted by molar-refractivity contribution is 14.1. The quantitative estimate of drug-likeness (QED) is 0.487. The van der Waals surface area contributed by atoms with Gasteiger partial charge >= 0.3 is 0 Å². The normalized spacial score (nSPS) is 15.6. The van der Waals surface area contributed by atoms with E-state index >= 15 is 0 Å². The summed E-state index contributed by atoms with van der Waals surface area (Å²) in [5.41, 5.74) is 8.78. The van der Waals surface area contributed by atoms with E-state index in [9.17, 15) is 5.26 Å². The Morgan fingerprint density at radius 2 is 2.26 bits per heavy atom. The molecule has 8 heteroatoms. The SMILES string of the molecule is C=CCOc1c(I)cc([C@@H]2C(C#N)=C(N)Oc3n[nH]c(C)c32)cc1OCC. The molecule has 1 aliphatic heterocycles. The van der Waals surface area contributed by atoms with Crippen LogP contribution >= 0.6 is 22.6 Å². The monoisotopic (exact) mass is 478 g/mol. The highest BCUT2D eigenvalue weighted by Crippen LogP contribution is 2.45. The Kier molecular flexibility index (Phi) is 5.60. The third-order valence-corrected chi connectivity index (χ3v) is 4.94. The van der Waals surface area contributed by atoms with Crippen LogP contribution in [0.3, 0.4) is 0 Å². The predicted octanol–water partition coefficient (Wildman–Crippen LogP) is 3.50. The predicted molar refractivity (Wildman–Crippen MR) is 109 cm³/mol. The van der Waals surface area contributed by atoms with Gasteiger partial charge in [-0.25, -0.2) is 0 Å². The second-order valence-electron chi connectivity index (χ2n) is 5.85. The van der Waals surface area contributed by atoms with E-state index in [2.05, 4.69) is 45.4 Å². The number of ether oxygens (including phenoxy) is 3. The lowest BCUT2D eigenvalue weighted by Gasteiger charge is -2.25. The zero-order valence-corrected chi connectivity index (χ0v) is 17.2. The van der Waals surface area contributed by atoms with Gasteiger partial charge < -0.3 is 19.9 Å². The van der Waals surface area contributed by atoms with Crippen molar-refractivity contribution in [2.24, 2.45) is 5.73 Å². The lowest BCUT2D eigenvalue weighted by molar-refractivity contribution is 0.295. The minimum absolute atomic E-state index is 0.0569. The van der Waals surface area contributed by atoms with Crippen LogP contribution in [0.4, 0.5) is 0 Å². The molecule has 0 saturated heterocycles. The molecule has 1 aliphatic rings. The molecule has 27 heavy (non-hydrogen) atoms. The summed E-state index contributed by atoms with van der Waals surface area (Å²) in [6.07, 6.45) is 1.68. The molecule has 3 N–H and O–H groups in total. The number of fused-ring (bicyclic) bond motifs is 1. The Morgan fingerprint density at radius 3 is 2.93 bits per heavy atom. The van der Waals surface area contributed by atoms with E-state index in [0.29, 0.717) is 36.2 Å². The molecular weight excluding hydrogens is 459 g/mol. The van der Waals surface area contributed by atoms with Crippen LogP contribution in [0, 0.1) is 21.8 Å². The molecule has 7 nitrogen and oxygen atoms in total. The number of aromatic nitrogens is 2. The van der Waals surface area contributed by atoms with Crippen LogP contribution in [0.5, 0.6) is 17.4 Å². The van der Waals surface area contributed by atoms with Gasteiger partial charge in [0.05, 0.1) is 16.1 Å². The number of nitrogens with two attached hydrogens (primary N) is 1. The lowest BCUT2D eigenvalue weighted by Crippen LogP contribution is -2.21. The van der Waals surface area contributed by atoms with Gasteiger partial charge in [-0.05, 0) is 54.1 Å². The highest BCUT2D eigenvalue weighted by Gasteiger charge is 2.35. The maximum absolute atomic E-state index is 9.69. The number of nitrogens with one attached hydrogen (secondary N) is 1. The van der Waals surface area contributed by atoms with Crippen molar-refractivity contribution >= 4 is 22.6 Å². The molecule has 0 bridgehead atoms. The molecule has 1 atom stereocenters. The third kappa shape index (κ3) is 3.47. The Bertz CT molecular complexity index is 959. The van der Waals surface area contributed by atoms with Gasteiger partial charge in [0.1, 0.15) is 18.2 Å². The first-order chi connectivity index (χ1) is 13.0. The van der Waals surface area contributed by atoms with E-state index in [0.717, 1.165) is 20.4 Å². The number of benzene rings is 1. The summed E-state index contributed by atoms with van der Waals surface area (Å²) >= 11 is 2.19. The number of hydrogen-bond acceptors (Lipinski definition) is 6. The van der Waals surface area contributed by atoms with Crippen LogP contribution in [0.15, 0.2) is 36.2 Å². The fourth-order valence-corrected chi connectivity index (χ4v) is 3.81. The molecule has 0 fully saturated rings. The molecule has 0 unspecified atom stereocenters. The van der Waals surface area contributed by atoms with Gasteiger partial charge in [-0.15, -0.1) is 5.10 Å². The summed E-state index contributed by atoms with van der Waals surface area (Å²) in [6.45, 7) is 8.32. The lowest BCUT2D eigenvalue weighted by atomic mass is 9.84. The maximum Gasteiger partial charge on any atom is 0.244 e. The van der Waals surface area contributed by atoms with Crippen LogP contribution < -0.4 is 19.9 Å². The molecule has 3 rings (SSSR count). The van der Waals surface area contributed by atoms with Crippen molar-refractivity contribution in [1.29, 1.82) is 5.26 Å². The average Bonchev–Trinajstić information content (AvgIpc) is 3.00. The Morgan fingerprint density at radius 1 is 1.48 bits per heavy atom. The fraction of sp³-hybridized carbons (Fsp3) is 0.263. The van der Waals surface area contributed by atoms with Crippen LogP contribution in [0.2, 0.25) is 0 Å². The maximum atomic E-state index is 9.69. The summed E-state index contributed by atoms with van der Waals surface area (Å²) < 4.78 is 17.9. The highest BCUT2D eigenvalue weighted by atomic mass is 127. The van der Waals surface area contributed by atoms with Gasteiger partial charge in [0.2, 0.25) is 11.8 Å². The van der Waals surface area contributed by atoms with Crippen LogP contribution in [0.1, 0.15) is 29.7 Å². The molecule has 2 aromatic rings. The number of rotatable bonds is 6. The van der Waals surface area contributed by atoms with E-state index in [-0.39, 0.29) is 5.88 Å². The number of aryl methyl sites for hydroxylation is 1. The fourth-order valence-electron chi connectivity index (χ4n) is 3.03.